The molecule has 1 aromatic carbocycles. The molecule has 34 heavy (non-hydrogen) atoms. The van der Waals surface area contributed by atoms with Gasteiger partial charge in [0.15, 0.2) is 0 Å². The number of ether oxygens (including phenoxy) is 2. The highest BCUT2D eigenvalue weighted by Crippen LogP contribution is 2.41. The number of benzene rings is 1. The fourth-order valence-electron chi connectivity index (χ4n) is 5.04. The van der Waals surface area contributed by atoms with Crippen LogP contribution in [-0.4, -0.2) is 46.6 Å². The minimum atomic E-state index is -0.832. The van der Waals surface area contributed by atoms with Crippen LogP contribution in [0.2, 0.25) is 0 Å². The highest BCUT2D eigenvalue weighted by molar-refractivity contribution is 5.91. The Morgan fingerprint density at radius 1 is 1.03 bits per heavy atom. The van der Waals surface area contributed by atoms with Gasteiger partial charge in [-0.3, -0.25) is 4.79 Å². The van der Waals surface area contributed by atoms with Gasteiger partial charge in [-0.25, -0.2) is 9.59 Å². The summed E-state index contributed by atoms with van der Waals surface area (Å²) >= 11 is 0. The van der Waals surface area contributed by atoms with Crippen molar-refractivity contribution in [3.63, 3.8) is 0 Å². The maximum Gasteiger partial charge on any atom is 0.408 e. The third-order valence-electron chi connectivity index (χ3n) is 6.61. The monoisotopic (exact) mass is 472 g/mol. The molecule has 1 heterocycles. The molecule has 1 aliphatic heterocycles. The van der Waals surface area contributed by atoms with Gasteiger partial charge in [0.25, 0.3) is 0 Å². The zero-order valence-corrected chi connectivity index (χ0v) is 21.4. The van der Waals surface area contributed by atoms with Gasteiger partial charge in [0.2, 0.25) is 5.91 Å². The van der Waals surface area contributed by atoms with Crippen molar-refractivity contribution in [2.24, 2.45) is 11.3 Å². The second-order valence-corrected chi connectivity index (χ2v) is 11.6. The molecule has 7 heteroatoms. The minimum Gasteiger partial charge on any atom is -0.458 e. The molecule has 2 fully saturated rings. The van der Waals surface area contributed by atoms with Crippen LogP contribution in [0.4, 0.5) is 4.79 Å². The van der Waals surface area contributed by atoms with Crippen LogP contribution in [0.1, 0.15) is 79.2 Å². The summed E-state index contributed by atoms with van der Waals surface area (Å²) in [5.74, 6) is -0.329. The number of nitrogens with one attached hydrogen (secondary N) is 1. The van der Waals surface area contributed by atoms with Crippen LogP contribution in [0.15, 0.2) is 30.3 Å². The maximum atomic E-state index is 14.0. The molecule has 0 aromatic heterocycles. The first-order valence-electron chi connectivity index (χ1n) is 12.4. The van der Waals surface area contributed by atoms with Gasteiger partial charge in [-0.05, 0) is 56.9 Å². The van der Waals surface area contributed by atoms with Crippen LogP contribution in [0, 0.1) is 11.3 Å². The summed E-state index contributed by atoms with van der Waals surface area (Å²) in [5.41, 5.74) is -0.345. The lowest BCUT2D eigenvalue weighted by molar-refractivity contribution is -0.165. The standard InChI is InChI=1S/C27H40N2O5/c1-26(2,3)22(28-25(32)33-17-18-12-8-7-9-13-18)23(30)29-20-15-11-10-14-19(20)16-21(29)24(31)34-27(4,5)6/h7-9,12-13,19-22H,10-11,14-17H2,1-6H3,(H,28,32)/t19-,20-,21-,22+/m0/s1. The van der Waals surface area contributed by atoms with E-state index in [0.717, 1.165) is 31.2 Å². The number of carbonyl (C=O) groups is 3. The Bertz CT molecular complexity index is 871. The van der Waals surface area contributed by atoms with Crippen LogP contribution >= 0.6 is 0 Å². The Hall–Kier alpha value is -2.57. The van der Waals surface area contributed by atoms with Crippen molar-refractivity contribution in [3.8, 4) is 0 Å². The molecular weight excluding hydrogens is 432 g/mol. The normalized spacial score (nSPS) is 23.6. The van der Waals surface area contributed by atoms with E-state index >= 15 is 0 Å². The van der Waals surface area contributed by atoms with Crippen molar-refractivity contribution in [2.45, 2.75) is 104 Å². The van der Waals surface area contributed by atoms with Crippen molar-refractivity contribution >= 4 is 18.0 Å². The Labute approximate surface area is 203 Å². The zero-order valence-electron chi connectivity index (χ0n) is 21.4. The number of likely N-dealkylation sites (tertiary alicyclic amines) is 1. The van der Waals surface area contributed by atoms with Gasteiger partial charge in [-0.2, -0.15) is 0 Å². The minimum absolute atomic E-state index is 0.00856. The molecule has 0 radical (unpaired) electrons. The highest BCUT2D eigenvalue weighted by Gasteiger charge is 2.51. The number of alkyl carbamates (subject to hydrolysis) is 1. The van der Waals surface area contributed by atoms with Gasteiger partial charge in [-0.15, -0.1) is 0 Å². The molecule has 0 unspecified atom stereocenters. The summed E-state index contributed by atoms with van der Waals surface area (Å²) in [4.78, 5) is 41.5. The molecule has 1 N–H and O–H groups in total. The van der Waals surface area contributed by atoms with Gasteiger partial charge in [0, 0.05) is 6.04 Å². The predicted octanol–water partition coefficient (Wildman–Crippen LogP) is 4.83. The molecule has 188 valence electrons. The molecule has 0 spiro atoms. The number of esters is 1. The number of amides is 2. The number of hydrogen-bond donors (Lipinski definition) is 1. The van der Waals surface area contributed by atoms with E-state index in [1.54, 1.807) is 4.90 Å². The molecule has 3 rings (SSSR count). The van der Waals surface area contributed by atoms with Gasteiger partial charge < -0.3 is 19.7 Å². The summed E-state index contributed by atoms with van der Waals surface area (Å²) in [6.45, 7) is 11.3. The fraction of sp³-hybridized carbons (Fsp3) is 0.667. The summed E-state index contributed by atoms with van der Waals surface area (Å²) in [7, 11) is 0. The van der Waals surface area contributed by atoms with Crippen LogP contribution in [0.3, 0.4) is 0 Å². The molecule has 1 saturated heterocycles. The average molecular weight is 473 g/mol. The average Bonchev–Trinajstić information content (AvgIpc) is 3.14. The highest BCUT2D eigenvalue weighted by atomic mass is 16.6. The van der Waals surface area contributed by atoms with E-state index in [0.29, 0.717) is 6.42 Å². The van der Waals surface area contributed by atoms with E-state index in [-0.39, 0.29) is 30.4 Å². The SMILES string of the molecule is CC(C)(C)OC(=O)[C@@H]1C[C@@H]2CCCC[C@@H]2N1C(=O)[C@@H](NC(=O)OCc1ccccc1)C(C)(C)C. The van der Waals surface area contributed by atoms with Gasteiger partial charge >= 0.3 is 12.1 Å². The third-order valence-corrected chi connectivity index (χ3v) is 6.61. The van der Waals surface area contributed by atoms with Crippen molar-refractivity contribution in [2.75, 3.05) is 0 Å². The molecule has 7 nitrogen and oxygen atoms in total. The Balaban J connectivity index is 1.79. The van der Waals surface area contributed by atoms with Gasteiger partial charge in [0.1, 0.15) is 24.3 Å². The Kier molecular flexibility index (Phi) is 7.94. The summed E-state index contributed by atoms with van der Waals surface area (Å²) in [6.07, 6.45) is 3.97. The molecule has 1 saturated carbocycles. The molecule has 4 atom stereocenters. The van der Waals surface area contributed by atoms with Crippen LogP contribution < -0.4 is 5.32 Å². The largest absolute Gasteiger partial charge is 0.458 e. The van der Waals surface area contributed by atoms with E-state index in [2.05, 4.69) is 5.32 Å². The molecule has 0 bridgehead atoms. The Morgan fingerprint density at radius 2 is 1.68 bits per heavy atom. The van der Waals surface area contributed by atoms with Crippen LogP contribution in [0.25, 0.3) is 0 Å². The number of hydrogen-bond acceptors (Lipinski definition) is 5. The van der Waals surface area contributed by atoms with Crippen molar-refractivity contribution in [1.29, 1.82) is 0 Å². The predicted molar refractivity (Wildman–Crippen MR) is 130 cm³/mol. The summed E-state index contributed by atoms with van der Waals surface area (Å²) in [5, 5.41) is 2.80. The zero-order chi connectivity index (χ0) is 25.1. The summed E-state index contributed by atoms with van der Waals surface area (Å²) < 4.78 is 11.1. The number of fused-ring (bicyclic) bond motifs is 1. The maximum absolute atomic E-state index is 14.0. The molecular formula is C27H40N2O5. The lowest BCUT2D eigenvalue weighted by Crippen LogP contribution is -2.59. The molecule has 1 aromatic rings. The van der Waals surface area contributed by atoms with Gasteiger partial charge in [-0.1, -0.05) is 63.9 Å². The quantitative estimate of drug-likeness (QED) is 0.621. The Morgan fingerprint density at radius 3 is 2.29 bits per heavy atom. The number of nitrogens with zero attached hydrogens (tertiary/aromatic N) is 1. The van der Waals surface area contributed by atoms with Crippen molar-refractivity contribution in [3.05, 3.63) is 35.9 Å². The fourth-order valence-corrected chi connectivity index (χ4v) is 5.04. The van der Waals surface area contributed by atoms with E-state index in [4.69, 9.17) is 9.47 Å². The lowest BCUT2D eigenvalue weighted by atomic mass is 9.83. The van der Waals surface area contributed by atoms with Crippen molar-refractivity contribution < 1.29 is 23.9 Å². The topological polar surface area (TPSA) is 84.9 Å². The second-order valence-electron chi connectivity index (χ2n) is 11.6. The first kappa shape index (κ1) is 26.0. The van der Waals surface area contributed by atoms with Gasteiger partial charge in [0.05, 0.1) is 0 Å². The second kappa shape index (κ2) is 10.4. The van der Waals surface area contributed by atoms with Crippen LogP contribution in [-0.2, 0) is 25.7 Å². The summed E-state index contributed by atoms with van der Waals surface area (Å²) in [6, 6.07) is 7.93. The van der Waals surface area contributed by atoms with Crippen LogP contribution in [0.5, 0.6) is 0 Å². The van der Waals surface area contributed by atoms with E-state index in [9.17, 15) is 14.4 Å². The number of carbonyl (C=O) groups excluding carboxylic acids is 3. The van der Waals surface area contributed by atoms with E-state index < -0.39 is 29.2 Å². The molecule has 2 aliphatic rings. The first-order chi connectivity index (χ1) is 15.9. The third kappa shape index (κ3) is 6.51. The molecule has 2 amide bonds. The van der Waals surface area contributed by atoms with E-state index in [1.165, 1.54) is 0 Å². The van der Waals surface area contributed by atoms with E-state index in [1.807, 2.05) is 71.9 Å². The lowest BCUT2D eigenvalue weighted by Gasteiger charge is -2.39. The first-order valence-corrected chi connectivity index (χ1v) is 12.4. The number of rotatable bonds is 5. The molecule has 1 aliphatic carbocycles. The smallest absolute Gasteiger partial charge is 0.408 e. The van der Waals surface area contributed by atoms with Crippen molar-refractivity contribution in [1.82, 2.24) is 10.2 Å².